The molecule has 0 aliphatic carbocycles. The van der Waals surface area contributed by atoms with Crippen LogP contribution in [0.4, 0.5) is 4.79 Å². The van der Waals surface area contributed by atoms with Crippen LogP contribution in [-0.2, 0) is 16.1 Å². The molecule has 7 rings (SSSR count). The maximum absolute atomic E-state index is 13.1. The Balaban J connectivity index is 1.02. The molecule has 1 N–H and O–H groups in total. The van der Waals surface area contributed by atoms with E-state index in [4.69, 9.17) is 18.9 Å². The Hall–Kier alpha value is -5.15. The minimum Gasteiger partial charge on any atom is -0.490 e. The van der Waals surface area contributed by atoms with E-state index in [0.717, 1.165) is 61.0 Å². The summed E-state index contributed by atoms with van der Waals surface area (Å²) in [5.74, 6) is 1.27. The third-order valence-electron chi connectivity index (χ3n) is 8.95. The highest BCUT2D eigenvalue weighted by Crippen LogP contribution is 2.31. The van der Waals surface area contributed by atoms with Crippen molar-refractivity contribution in [3.8, 4) is 11.5 Å². The minimum absolute atomic E-state index is 0.0792. The van der Waals surface area contributed by atoms with Gasteiger partial charge in [0, 0.05) is 12.1 Å². The van der Waals surface area contributed by atoms with Crippen LogP contribution >= 0.6 is 0 Å². The lowest BCUT2D eigenvalue weighted by Gasteiger charge is -2.43. The van der Waals surface area contributed by atoms with Crippen LogP contribution in [0.1, 0.15) is 61.9 Å². The number of fused-ring (bicyclic) bond motifs is 3. The van der Waals surface area contributed by atoms with E-state index in [0.29, 0.717) is 35.2 Å². The number of nitrogens with zero attached hydrogens (tertiary/aromatic N) is 1. The maximum Gasteiger partial charge on any atom is 0.408 e. The number of nitrogens with one attached hydrogen (secondary N) is 1. The molecule has 9 nitrogen and oxygen atoms in total. The standard InChI is InChI=1S/C39H40N2O7/c1-27-22-29(25-42)12-15-35(27)45-20-21-46-38(43)32-13-10-28(11-14-32)26-47-34-9-5-8-33(23-34)37(31-6-3-2-4-7-31)40-39(44)48-36-24-41-18-16-30(36)17-19-41/h2-15,22-23,25,30,36-37H,16-21,24,26H2,1H3,(H,40,44)/t36-,37?/m0/s1. The topological polar surface area (TPSA) is 103 Å². The van der Waals surface area contributed by atoms with Crippen LogP contribution in [0.3, 0.4) is 0 Å². The van der Waals surface area contributed by atoms with E-state index in [2.05, 4.69) is 10.2 Å². The molecule has 48 heavy (non-hydrogen) atoms. The van der Waals surface area contributed by atoms with Gasteiger partial charge < -0.3 is 24.3 Å². The highest BCUT2D eigenvalue weighted by atomic mass is 16.6. The third kappa shape index (κ3) is 8.41. The van der Waals surface area contributed by atoms with Crippen molar-refractivity contribution in [2.45, 2.75) is 38.5 Å². The number of rotatable bonds is 13. The van der Waals surface area contributed by atoms with Gasteiger partial charge in [0.25, 0.3) is 0 Å². The Labute approximate surface area is 280 Å². The fourth-order valence-corrected chi connectivity index (χ4v) is 6.30. The second-order valence-electron chi connectivity index (χ2n) is 12.3. The maximum atomic E-state index is 13.1. The molecule has 4 aromatic rings. The van der Waals surface area contributed by atoms with Gasteiger partial charge in [0.1, 0.15) is 43.7 Å². The van der Waals surface area contributed by atoms with E-state index in [1.165, 1.54) is 0 Å². The SMILES string of the molecule is Cc1cc(C=O)ccc1OCCOC(=O)c1ccc(COc2cccc(C(NC(=O)O[C@H]3CN4CCC3CC4)c3ccccc3)c2)cc1. The molecule has 9 heteroatoms. The van der Waals surface area contributed by atoms with Crippen molar-refractivity contribution in [2.75, 3.05) is 32.8 Å². The summed E-state index contributed by atoms with van der Waals surface area (Å²) in [6.07, 6.45) is 2.43. The predicted octanol–water partition coefficient (Wildman–Crippen LogP) is 6.53. The van der Waals surface area contributed by atoms with E-state index >= 15 is 0 Å². The first-order valence-electron chi connectivity index (χ1n) is 16.4. The predicted molar refractivity (Wildman–Crippen MR) is 180 cm³/mol. The van der Waals surface area contributed by atoms with Gasteiger partial charge in [0.05, 0.1) is 11.6 Å². The summed E-state index contributed by atoms with van der Waals surface area (Å²) in [4.78, 5) is 39.0. The van der Waals surface area contributed by atoms with Crippen LogP contribution in [-0.4, -0.2) is 62.2 Å². The summed E-state index contributed by atoms with van der Waals surface area (Å²) in [5, 5.41) is 3.11. The summed E-state index contributed by atoms with van der Waals surface area (Å²) < 4.78 is 23.1. The zero-order valence-electron chi connectivity index (χ0n) is 27.0. The molecule has 3 saturated heterocycles. The van der Waals surface area contributed by atoms with E-state index in [1.54, 1.807) is 30.3 Å². The first kappa shape index (κ1) is 32.8. The second-order valence-corrected chi connectivity index (χ2v) is 12.3. The molecule has 3 aliphatic rings. The molecule has 0 aromatic heterocycles. The van der Waals surface area contributed by atoms with Gasteiger partial charge in [0.15, 0.2) is 0 Å². The lowest BCUT2D eigenvalue weighted by Crippen LogP contribution is -2.52. The molecule has 3 fully saturated rings. The number of hydrogen-bond acceptors (Lipinski definition) is 8. The molecule has 0 radical (unpaired) electrons. The molecule has 1 unspecified atom stereocenters. The van der Waals surface area contributed by atoms with Crippen molar-refractivity contribution in [1.29, 1.82) is 0 Å². The number of benzene rings is 4. The van der Waals surface area contributed by atoms with Crippen LogP contribution in [0.15, 0.2) is 97.1 Å². The highest BCUT2D eigenvalue weighted by Gasteiger charge is 2.36. The largest absolute Gasteiger partial charge is 0.490 e. The molecule has 3 aliphatic heterocycles. The fourth-order valence-electron chi connectivity index (χ4n) is 6.30. The van der Waals surface area contributed by atoms with E-state index < -0.39 is 18.1 Å². The van der Waals surface area contributed by atoms with Gasteiger partial charge in [-0.3, -0.25) is 9.69 Å². The zero-order valence-corrected chi connectivity index (χ0v) is 27.0. The van der Waals surface area contributed by atoms with Crippen LogP contribution in [0.2, 0.25) is 0 Å². The summed E-state index contributed by atoms with van der Waals surface area (Å²) in [7, 11) is 0. The van der Waals surface area contributed by atoms with E-state index in [9.17, 15) is 14.4 Å². The molecule has 1 amide bonds. The number of alkyl carbamates (subject to hydrolysis) is 1. The number of ether oxygens (including phenoxy) is 4. The Kier molecular flexibility index (Phi) is 10.7. The van der Waals surface area contributed by atoms with Crippen LogP contribution in [0, 0.1) is 12.8 Å². The van der Waals surface area contributed by atoms with Crippen molar-refractivity contribution in [2.24, 2.45) is 5.92 Å². The highest BCUT2D eigenvalue weighted by molar-refractivity contribution is 5.89. The first-order chi connectivity index (χ1) is 23.4. The summed E-state index contributed by atoms with van der Waals surface area (Å²) in [6, 6.07) is 29.3. The number of carbonyl (C=O) groups is 3. The van der Waals surface area contributed by atoms with Gasteiger partial charge in [-0.2, -0.15) is 0 Å². The van der Waals surface area contributed by atoms with E-state index in [-0.39, 0.29) is 19.3 Å². The van der Waals surface area contributed by atoms with E-state index in [1.807, 2.05) is 73.7 Å². The van der Waals surface area contributed by atoms with Crippen molar-refractivity contribution in [1.82, 2.24) is 10.2 Å². The van der Waals surface area contributed by atoms with Gasteiger partial charge in [0.2, 0.25) is 0 Å². The van der Waals surface area contributed by atoms with Gasteiger partial charge in [-0.1, -0.05) is 54.6 Å². The second kappa shape index (κ2) is 15.6. The monoisotopic (exact) mass is 648 g/mol. The molecule has 4 aromatic carbocycles. The van der Waals surface area contributed by atoms with Crippen molar-refractivity contribution >= 4 is 18.3 Å². The first-order valence-corrected chi connectivity index (χ1v) is 16.4. The van der Waals surface area contributed by atoms with Gasteiger partial charge >= 0.3 is 12.1 Å². The van der Waals surface area contributed by atoms with Crippen LogP contribution in [0.5, 0.6) is 11.5 Å². The Morgan fingerprint density at radius 1 is 0.875 bits per heavy atom. The van der Waals surface area contributed by atoms with Crippen molar-refractivity contribution in [3.05, 3.63) is 130 Å². The number of carbonyl (C=O) groups excluding carboxylic acids is 3. The molecule has 248 valence electrons. The lowest BCUT2D eigenvalue weighted by molar-refractivity contribution is -0.0336. The molecule has 3 heterocycles. The molecule has 2 atom stereocenters. The normalized spacial score (nSPS) is 18.7. The number of piperidine rings is 3. The number of aldehydes is 1. The number of aryl methyl sites for hydroxylation is 1. The van der Waals surface area contributed by atoms with Gasteiger partial charge in [-0.15, -0.1) is 0 Å². The summed E-state index contributed by atoms with van der Waals surface area (Å²) in [5.41, 5.74) is 4.54. The minimum atomic E-state index is -0.446. The molecule has 2 bridgehead atoms. The molecule has 0 spiro atoms. The van der Waals surface area contributed by atoms with Crippen molar-refractivity contribution in [3.63, 3.8) is 0 Å². The molecular formula is C39H40N2O7. The van der Waals surface area contributed by atoms with Gasteiger partial charge in [-0.25, -0.2) is 9.59 Å². The van der Waals surface area contributed by atoms with Crippen LogP contribution in [0.25, 0.3) is 0 Å². The van der Waals surface area contributed by atoms with Crippen molar-refractivity contribution < 1.29 is 33.3 Å². The average molecular weight is 649 g/mol. The lowest BCUT2D eigenvalue weighted by atomic mass is 9.86. The molecule has 0 saturated carbocycles. The van der Waals surface area contributed by atoms with Crippen LogP contribution < -0.4 is 14.8 Å². The number of hydrogen-bond donors (Lipinski definition) is 1. The smallest absolute Gasteiger partial charge is 0.408 e. The average Bonchev–Trinajstić information content (AvgIpc) is 3.13. The Morgan fingerprint density at radius 3 is 2.35 bits per heavy atom. The third-order valence-corrected chi connectivity index (χ3v) is 8.95. The quantitative estimate of drug-likeness (QED) is 0.0992. The van der Waals surface area contributed by atoms with Gasteiger partial charge in [-0.05, 0) is 103 Å². The number of esters is 1. The summed E-state index contributed by atoms with van der Waals surface area (Å²) >= 11 is 0. The Bertz CT molecular complexity index is 1700. The fraction of sp³-hybridized carbons (Fsp3) is 0.308. The summed E-state index contributed by atoms with van der Waals surface area (Å²) in [6.45, 7) is 5.40. The Morgan fingerprint density at radius 2 is 1.65 bits per heavy atom. The zero-order chi connectivity index (χ0) is 33.3. The number of amides is 1. The molecular weight excluding hydrogens is 608 g/mol.